The topological polar surface area (TPSA) is 163 Å². The average Bonchev–Trinajstić information content (AvgIpc) is 3.50. The van der Waals surface area contributed by atoms with E-state index in [4.69, 9.17) is 9.47 Å². The monoisotopic (exact) mass is 745 g/mol. The number of methoxy groups -OCH3 is 2. The van der Waals surface area contributed by atoms with Gasteiger partial charge in [-0.1, -0.05) is 85.2 Å². The number of aliphatic hydroxyl groups is 1. The third kappa shape index (κ3) is 12.4. The first-order chi connectivity index (χ1) is 24.9. The lowest BCUT2D eigenvalue weighted by Crippen LogP contribution is -2.54. The van der Waals surface area contributed by atoms with Crippen molar-refractivity contribution in [2.24, 2.45) is 35.5 Å². The number of Topliss-reactive ketones (excluding diaryl/α,β-unsaturated/α-hetero) is 2. The van der Waals surface area contributed by atoms with Crippen LogP contribution in [0.1, 0.15) is 86.1 Å². The number of aliphatic hydroxyl groups excluding tert-OH is 1. The molecule has 0 aromatic heterocycles. The van der Waals surface area contributed by atoms with Gasteiger partial charge in [0.05, 0.1) is 48.8 Å². The van der Waals surface area contributed by atoms with Gasteiger partial charge in [0.15, 0.2) is 5.78 Å². The Morgan fingerprint density at radius 1 is 0.925 bits per heavy atom. The molecule has 0 spiro atoms. The molecule has 0 unspecified atom stereocenters. The van der Waals surface area contributed by atoms with Crippen LogP contribution >= 0.6 is 0 Å². The van der Waals surface area contributed by atoms with E-state index in [-0.39, 0.29) is 85.8 Å². The highest BCUT2D eigenvalue weighted by Crippen LogP contribution is 2.32. The molecule has 0 saturated carbocycles. The Kier molecular flexibility index (Phi) is 18.8. The number of nitrogens with one attached hydrogen (secondary N) is 1. The number of nitrogens with zero attached hydrogens (tertiary/aromatic N) is 2. The van der Waals surface area contributed by atoms with Gasteiger partial charge in [-0.15, -0.1) is 0 Å². The van der Waals surface area contributed by atoms with Gasteiger partial charge in [-0.05, 0) is 43.2 Å². The lowest BCUT2D eigenvalue weighted by atomic mass is 9.84. The molecule has 1 aliphatic rings. The van der Waals surface area contributed by atoms with Gasteiger partial charge in [0.25, 0.3) is 0 Å². The number of ketones is 2. The van der Waals surface area contributed by atoms with Gasteiger partial charge in [0.1, 0.15) is 5.78 Å². The Labute approximate surface area is 317 Å². The second-order valence-corrected chi connectivity index (χ2v) is 15.7. The first-order valence-electron chi connectivity index (χ1n) is 19.2. The highest BCUT2D eigenvalue weighted by Gasteiger charge is 2.45. The molecule has 1 heterocycles. The van der Waals surface area contributed by atoms with Crippen molar-refractivity contribution in [3.63, 3.8) is 0 Å². The predicted octanol–water partition coefficient (Wildman–Crippen LogP) is 4.26. The number of ether oxygens (including phenoxy) is 2. The molecule has 2 rings (SSSR count). The summed E-state index contributed by atoms with van der Waals surface area (Å²) < 4.78 is 11.8. The van der Waals surface area contributed by atoms with Crippen LogP contribution in [0.5, 0.6) is 0 Å². The summed E-state index contributed by atoms with van der Waals surface area (Å²) in [5, 5.41) is 23.8. The third-order valence-electron chi connectivity index (χ3n) is 11.4. The van der Waals surface area contributed by atoms with Gasteiger partial charge >= 0.3 is 5.97 Å². The Hall–Kier alpha value is -3.19. The van der Waals surface area contributed by atoms with Gasteiger partial charge in [-0.25, -0.2) is 0 Å². The second kappa shape index (κ2) is 21.6. The number of aliphatic carboxylic acids is 1. The number of β-amino-alcohol motifs (C(OH)–C–C–N with tert-alkyl or cyclic N) is 1. The van der Waals surface area contributed by atoms with Crippen molar-refractivity contribution in [3.05, 3.63) is 35.9 Å². The molecule has 10 atom stereocenters. The maximum atomic E-state index is 14.2. The van der Waals surface area contributed by atoms with E-state index in [0.29, 0.717) is 6.42 Å². The molecule has 1 fully saturated rings. The molecule has 3 N–H and O–H groups in total. The first kappa shape index (κ1) is 46.0. The summed E-state index contributed by atoms with van der Waals surface area (Å²) >= 11 is 0. The van der Waals surface area contributed by atoms with Crippen LogP contribution in [0, 0.1) is 35.5 Å². The van der Waals surface area contributed by atoms with E-state index in [9.17, 15) is 34.2 Å². The van der Waals surface area contributed by atoms with Crippen LogP contribution in [-0.2, 0) is 39.9 Å². The molecule has 53 heavy (non-hydrogen) atoms. The van der Waals surface area contributed by atoms with E-state index < -0.39 is 54.1 Å². The normalized spacial score (nSPS) is 20.7. The third-order valence-corrected chi connectivity index (χ3v) is 11.4. The highest BCUT2D eigenvalue weighted by molar-refractivity contribution is 5.90. The van der Waals surface area contributed by atoms with Gasteiger partial charge in [-0.3, -0.25) is 24.0 Å². The van der Waals surface area contributed by atoms with Crippen molar-refractivity contribution in [2.75, 3.05) is 34.9 Å². The van der Waals surface area contributed by atoms with Gasteiger partial charge < -0.3 is 34.8 Å². The molecular weight excluding hydrogens is 678 g/mol. The molecular formula is C41H67N3O9. The number of hydrogen-bond acceptors (Lipinski definition) is 9. The minimum Gasteiger partial charge on any atom is -0.481 e. The minimum absolute atomic E-state index is 0.0183. The maximum absolute atomic E-state index is 14.2. The number of rotatable bonds is 23. The smallest absolute Gasteiger partial charge is 0.307 e. The van der Waals surface area contributed by atoms with Crippen molar-refractivity contribution < 1.29 is 43.7 Å². The minimum atomic E-state index is -1.06. The largest absolute Gasteiger partial charge is 0.481 e. The van der Waals surface area contributed by atoms with Crippen molar-refractivity contribution >= 4 is 29.4 Å². The molecule has 1 aliphatic heterocycles. The molecule has 1 aromatic rings. The molecule has 300 valence electrons. The first-order valence-corrected chi connectivity index (χ1v) is 19.2. The second-order valence-electron chi connectivity index (χ2n) is 15.7. The summed E-state index contributed by atoms with van der Waals surface area (Å²) in [6, 6.07) is 7.64. The van der Waals surface area contributed by atoms with Crippen LogP contribution in [0.4, 0.5) is 0 Å². The number of carbonyl (C=O) groups is 5. The number of carbonyl (C=O) groups excluding carboxylic acids is 4. The lowest BCUT2D eigenvalue weighted by Gasteiger charge is -2.41. The standard InChI is InChI=1S/C41H67N3O9/c1-12-26(6)38(43(9)40(49)31(24(2)3)21-34(47)37(42-8)25(4)5)35(52-10)22-36(48)44-23-30(45)20-32(44)39(53-11)27(7)33(46)19-29(41(50)51)18-28-16-14-13-15-17-28/h13-17,24-27,29-32,35,37-39,42,45H,12,18-23H2,1-11H3,(H,50,51)/t26-,27-,29+,30+,31-,32-,35+,37-,38-,39+/m0/s1. The van der Waals surface area contributed by atoms with Crippen molar-refractivity contribution in [2.45, 2.75) is 123 Å². The van der Waals surface area contributed by atoms with E-state index in [1.165, 1.54) is 14.2 Å². The summed E-state index contributed by atoms with van der Waals surface area (Å²) in [6.07, 6.45) is -1.45. The number of carboxylic acid groups (broad SMARTS) is 1. The van der Waals surface area contributed by atoms with Crippen LogP contribution in [-0.4, -0.2) is 121 Å². The molecule has 12 heteroatoms. The van der Waals surface area contributed by atoms with Crippen LogP contribution < -0.4 is 5.32 Å². The Morgan fingerprint density at radius 3 is 2.04 bits per heavy atom. The summed E-state index contributed by atoms with van der Waals surface area (Å²) in [5.74, 6) is -4.22. The molecule has 0 bridgehead atoms. The van der Waals surface area contributed by atoms with E-state index >= 15 is 0 Å². The van der Waals surface area contributed by atoms with E-state index in [1.54, 1.807) is 30.8 Å². The van der Waals surface area contributed by atoms with Crippen molar-refractivity contribution in [1.82, 2.24) is 15.1 Å². The zero-order chi connectivity index (χ0) is 40.2. The quantitative estimate of drug-likeness (QED) is 0.148. The number of benzene rings is 1. The summed E-state index contributed by atoms with van der Waals surface area (Å²) in [6.45, 7) is 13.5. The fourth-order valence-electron chi connectivity index (χ4n) is 7.99. The number of amides is 2. The van der Waals surface area contributed by atoms with Crippen LogP contribution in [0.3, 0.4) is 0 Å². The van der Waals surface area contributed by atoms with Gasteiger partial charge in [0, 0.05) is 52.5 Å². The van der Waals surface area contributed by atoms with Crippen molar-refractivity contribution in [3.8, 4) is 0 Å². The molecule has 0 radical (unpaired) electrons. The predicted molar refractivity (Wildman–Crippen MR) is 204 cm³/mol. The number of carboxylic acids is 1. The zero-order valence-corrected chi connectivity index (χ0v) is 33.9. The molecule has 1 aromatic carbocycles. The van der Waals surface area contributed by atoms with E-state index in [1.807, 2.05) is 71.9 Å². The van der Waals surface area contributed by atoms with E-state index in [0.717, 1.165) is 5.56 Å². The highest BCUT2D eigenvalue weighted by atomic mass is 16.5. The van der Waals surface area contributed by atoms with Crippen molar-refractivity contribution in [1.29, 1.82) is 0 Å². The Balaban J connectivity index is 2.31. The fraction of sp³-hybridized carbons (Fsp3) is 0.732. The van der Waals surface area contributed by atoms with Gasteiger partial charge in [0.2, 0.25) is 11.8 Å². The fourth-order valence-corrected chi connectivity index (χ4v) is 7.99. The lowest BCUT2D eigenvalue weighted by molar-refractivity contribution is -0.149. The average molecular weight is 746 g/mol. The summed E-state index contributed by atoms with van der Waals surface area (Å²) in [7, 11) is 6.43. The molecule has 0 aliphatic carbocycles. The Bertz CT molecular complexity index is 1340. The van der Waals surface area contributed by atoms with E-state index in [2.05, 4.69) is 5.32 Å². The SMILES string of the molecule is CC[C@H](C)[C@@H]([C@@H](CC(=O)N1C[C@H](O)C[C@H]1[C@H](OC)[C@@H](C)C(=O)C[C@@H](Cc1ccccc1)C(=O)O)OC)N(C)C(=O)[C@@H](CC(=O)[C@@H](NC)C(C)C)C(C)C. The molecule has 2 amide bonds. The van der Waals surface area contributed by atoms with Crippen LogP contribution in [0.15, 0.2) is 30.3 Å². The zero-order valence-electron chi connectivity index (χ0n) is 33.9. The maximum Gasteiger partial charge on any atom is 0.307 e. The molecule has 1 saturated heterocycles. The van der Waals surface area contributed by atoms with Crippen LogP contribution in [0.2, 0.25) is 0 Å². The summed E-state index contributed by atoms with van der Waals surface area (Å²) in [5.41, 5.74) is 0.817. The van der Waals surface area contributed by atoms with Gasteiger partial charge in [-0.2, -0.15) is 0 Å². The Morgan fingerprint density at radius 2 is 1.55 bits per heavy atom. The summed E-state index contributed by atoms with van der Waals surface area (Å²) in [4.78, 5) is 70.6. The number of likely N-dealkylation sites (tertiary alicyclic amines) is 1. The number of hydrogen-bond donors (Lipinski definition) is 3. The number of likely N-dealkylation sites (N-methyl/N-ethyl adjacent to an activating group) is 2. The van der Waals surface area contributed by atoms with Crippen LogP contribution in [0.25, 0.3) is 0 Å². The molecule has 12 nitrogen and oxygen atoms in total.